The third-order valence-corrected chi connectivity index (χ3v) is 2.13. The highest BCUT2D eigenvalue weighted by molar-refractivity contribution is 5.70. The summed E-state index contributed by atoms with van der Waals surface area (Å²) >= 11 is 0. The monoisotopic (exact) mass is 224 g/mol. The molecular formula is C11H16N2O3. The van der Waals surface area contributed by atoms with Crippen molar-refractivity contribution < 1.29 is 14.3 Å². The standard InChI is InChI=1S/C11H16N2O3/c1-8(16-7-11(14)15-2)10-5-3-4-9(6-12)13-10/h3-5,8H,6-7,12H2,1-2H3. The zero-order valence-electron chi connectivity index (χ0n) is 9.47. The molecule has 1 heterocycles. The van der Waals surface area contributed by atoms with Crippen molar-refractivity contribution in [2.24, 2.45) is 5.73 Å². The maximum Gasteiger partial charge on any atom is 0.331 e. The first-order valence-electron chi connectivity index (χ1n) is 5.01. The van der Waals surface area contributed by atoms with Gasteiger partial charge in [-0.1, -0.05) is 6.07 Å². The number of hydrogen-bond donors (Lipinski definition) is 1. The van der Waals surface area contributed by atoms with Crippen molar-refractivity contribution in [2.75, 3.05) is 13.7 Å². The molecule has 0 aliphatic rings. The average molecular weight is 224 g/mol. The molecule has 0 bridgehead atoms. The van der Waals surface area contributed by atoms with E-state index in [9.17, 15) is 4.79 Å². The number of hydrogen-bond acceptors (Lipinski definition) is 5. The maximum atomic E-state index is 10.9. The number of nitrogens with zero attached hydrogens (tertiary/aromatic N) is 1. The van der Waals surface area contributed by atoms with Gasteiger partial charge >= 0.3 is 5.97 Å². The Morgan fingerprint density at radius 1 is 1.56 bits per heavy atom. The molecule has 0 aliphatic carbocycles. The van der Waals surface area contributed by atoms with E-state index in [1.54, 1.807) is 0 Å². The van der Waals surface area contributed by atoms with E-state index in [1.165, 1.54) is 7.11 Å². The fourth-order valence-electron chi connectivity index (χ4n) is 1.18. The van der Waals surface area contributed by atoms with Crippen LogP contribution in [0.1, 0.15) is 24.4 Å². The molecule has 1 aromatic heterocycles. The van der Waals surface area contributed by atoms with E-state index in [-0.39, 0.29) is 12.7 Å². The number of rotatable bonds is 5. The summed E-state index contributed by atoms with van der Waals surface area (Å²) in [6, 6.07) is 5.54. The number of esters is 1. The highest BCUT2D eigenvalue weighted by Gasteiger charge is 2.10. The van der Waals surface area contributed by atoms with E-state index >= 15 is 0 Å². The van der Waals surface area contributed by atoms with Crippen LogP contribution in [-0.2, 0) is 20.8 Å². The van der Waals surface area contributed by atoms with Crippen molar-refractivity contribution >= 4 is 5.97 Å². The molecule has 1 rings (SSSR count). The number of pyridine rings is 1. The molecule has 16 heavy (non-hydrogen) atoms. The first kappa shape index (κ1) is 12.6. The van der Waals surface area contributed by atoms with Crippen LogP contribution in [0.4, 0.5) is 0 Å². The van der Waals surface area contributed by atoms with Gasteiger partial charge in [0.25, 0.3) is 0 Å². The van der Waals surface area contributed by atoms with Gasteiger partial charge in [-0.3, -0.25) is 4.98 Å². The largest absolute Gasteiger partial charge is 0.467 e. The Morgan fingerprint density at radius 3 is 2.94 bits per heavy atom. The summed E-state index contributed by atoms with van der Waals surface area (Å²) in [5.41, 5.74) is 7.04. The molecule has 0 spiro atoms. The van der Waals surface area contributed by atoms with Gasteiger partial charge < -0.3 is 15.2 Å². The van der Waals surface area contributed by atoms with E-state index in [2.05, 4.69) is 9.72 Å². The van der Waals surface area contributed by atoms with Crippen LogP contribution in [0.15, 0.2) is 18.2 Å². The van der Waals surface area contributed by atoms with Crippen LogP contribution < -0.4 is 5.73 Å². The molecule has 1 aromatic rings. The minimum Gasteiger partial charge on any atom is -0.467 e. The van der Waals surface area contributed by atoms with Crippen molar-refractivity contribution in [3.8, 4) is 0 Å². The number of methoxy groups -OCH3 is 1. The summed E-state index contributed by atoms with van der Waals surface area (Å²) in [5.74, 6) is -0.401. The van der Waals surface area contributed by atoms with Crippen molar-refractivity contribution in [3.63, 3.8) is 0 Å². The second kappa shape index (κ2) is 6.19. The van der Waals surface area contributed by atoms with E-state index in [1.807, 2.05) is 25.1 Å². The smallest absolute Gasteiger partial charge is 0.331 e. The lowest BCUT2D eigenvalue weighted by molar-refractivity contribution is -0.147. The minimum absolute atomic E-state index is 0.0772. The molecule has 0 fully saturated rings. The Kier molecular flexibility index (Phi) is 4.88. The fraction of sp³-hybridized carbons (Fsp3) is 0.455. The van der Waals surface area contributed by atoms with Gasteiger partial charge in [-0.05, 0) is 19.1 Å². The van der Waals surface area contributed by atoms with E-state index < -0.39 is 5.97 Å². The zero-order chi connectivity index (χ0) is 12.0. The van der Waals surface area contributed by atoms with Crippen LogP contribution in [0, 0.1) is 0 Å². The zero-order valence-corrected chi connectivity index (χ0v) is 9.47. The lowest BCUT2D eigenvalue weighted by Crippen LogP contribution is -2.13. The summed E-state index contributed by atoms with van der Waals surface area (Å²) in [6.07, 6.45) is -0.259. The third-order valence-electron chi connectivity index (χ3n) is 2.13. The van der Waals surface area contributed by atoms with Gasteiger partial charge in [-0.2, -0.15) is 0 Å². The van der Waals surface area contributed by atoms with Gasteiger partial charge in [0.05, 0.1) is 24.6 Å². The number of nitrogens with two attached hydrogens (primary N) is 1. The first-order valence-corrected chi connectivity index (χ1v) is 5.01. The summed E-state index contributed by atoms with van der Waals surface area (Å²) in [4.78, 5) is 15.2. The molecule has 1 unspecified atom stereocenters. The fourth-order valence-corrected chi connectivity index (χ4v) is 1.18. The van der Waals surface area contributed by atoms with E-state index in [0.717, 1.165) is 11.4 Å². The Bertz CT molecular complexity index is 355. The van der Waals surface area contributed by atoms with Crippen LogP contribution in [0.2, 0.25) is 0 Å². The number of carbonyl (C=O) groups is 1. The average Bonchev–Trinajstić information content (AvgIpc) is 2.35. The van der Waals surface area contributed by atoms with Crippen LogP contribution in [0.3, 0.4) is 0 Å². The number of ether oxygens (including phenoxy) is 2. The molecule has 0 aliphatic heterocycles. The van der Waals surface area contributed by atoms with E-state index in [0.29, 0.717) is 6.54 Å². The Balaban J connectivity index is 2.58. The van der Waals surface area contributed by atoms with Gasteiger partial charge in [-0.15, -0.1) is 0 Å². The van der Waals surface area contributed by atoms with E-state index in [4.69, 9.17) is 10.5 Å². The van der Waals surface area contributed by atoms with Gasteiger partial charge in [0.15, 0.2) is 0 Å². The lowest BCUT2D eigenvalue weighted by Gasteiger charge is -2.12. The predicted octanol–water partition coefficient (Wildman–Crippen LogP) is 0.791. The number of carbonyl (C=O) groups excluding carboxylic acids is 1. The van der Waals surface area contributed by atoms with Crippen LogP contribution in [0.25, 0.3) is 0 Å². The van der Waals surface area contributed by atoms with Gasteiger partial charge in [0.2, 0.25) is 0 Å². The lowest BCUT2D eigenvalue weighted by atomic mass is 10.2. The molecular weight excluding hydrogens is 208 g/mol. The quantitative estimate of drug-likeness (QED) is 0.748. The molecule has 1 atom stereocenters. The molecule has 5 heteroatoms. The molecule has 5 nitrogen and oxygen atoms in total. The van der Waals surface area contributed by atoms with Crippen molar-refractivity contribution in [1.82, 2.24) is 4.98 Å². The molecule has 0 saturated carbocycles. The molecule has 0 aromatic carbocycles. The summed E-state index contributed by atoms with van der Waals surface area (Å²) in [5, 5.41) is 0. The van der Waals surface area contributed by atoms with Crippen molar-refractivity contribution in [2.45, 2.75) is 19.6 Å². The van der Waals surface area contributed by atoms with Gasteiger partial charge in [-0.25, -0.2) is 4.79 Å². The normalized spacial score (nSPS) is 12.2. The van der Waals surface area contributed by atoms with Crippen molar-refractivity contribution in [3.05, 3.63) is 29.6 Å². The highest BCUT2D eigenvalue weighted by Crippen LogP contribution is 2.14. The third kappa shape index (κ3) is 3.60. The molecule has 0 saturated heterocycles. The predicted molar refractivity (Wildman–Crippen MR) is 58.5 cm³/mol. The topological polar surface area (TPSA) is 74.4 Å². The Labute approximate surface area is 94.6 Å². The molecule has 88 valence electrons. The van der Waals surface area contributed by atoms with Crippen molar-refractivity contribution in [1.29, 1.82) is 0 Å². The molecule has 2 N–H and O–H groups in total. The minimum atomic E-state index is -0.401. The second-order valence-corrected chi connectivity index (χ2v) is 3.29. The van der Waals surface area contributed by atoms with Gasteiger partial charge in [0.1, 0.15) is 6.61 Å². The van der Waals surface area contributed by atoms with Crippen LogP contribution in [0.5, 0.6) is 0 Å². The second-order valence-electron chi connectivity index (χ2n) is 3.29. The molecule has 0 radical (unpaired) electrons. The summed E-state index contributed by atoms with van der Waals surface area (Å²) in [6.45, 7) is 2.13. The molecule has 0 amide bonds. The van der Waals surface area contributed by atoms with Crippen LogP contribution in [-0.4, -0.2) is 24.7 Å². The first-order chi connectivity index (χ1) is 7.67. The maximum absolute atomic E-state index is 10.9. The van der Waals surface area contributed by atoms with Crippen LogP contribution >= 0.6 is 0 Å². The SMILES string of the molecule is COC(=O)COC(C)c1cccc(CN)n1. The Morgan fingerprint density at radius 2 is 2.31 bits per heavy atom. The summed E-state index contributed by atoms with van der Waals surface area (Å²) in [7, 11) is 1.32. The highest BCUT2D eigenvalue weighted by atomic mass is 16.6. The van der Waals surface area contributed by atoms with Gasteiger partial charge in [0, 0.05) is 6.54 Å². The Hall–Kier alpha value is -1.46. The summed E-state index contributed by atoms with van der Waals surface area (Å²) < 4.78 is 9.78. The number of aromatic nitrogens is 1.